The Kier molecular flexibility index (Phi) is 9.90. The van der Waals surface area contributed by atoms with Gasteiger partial charge in [0.2, 0.25) is 5.91 Å². The average Bonchev–Trinajstić information content (AvgIpc) is 2.76. The Bertz CT molecular complexity index is 823. The smallest absolute Gasteiger partial charge is 0.318 e. The van der Waals surface area contributed by atoms with Crippen LogP contribution in [-0.2, 0) is 11.2 Å². The molecule has 2 rings (SSSR count). The van der Waals surface area contributed by atoms with Gasteiger partial charge in [0.1, 0.15) is 6.04 Å². The molecule has 1 unspecified atom stereocenters. The van der Waals surface area contributed by atoms with Gasteiger partial charge in [0.25, 0.3) is 0 Å². The highest BCUT2D eigenvalue weighted by Gasteiger charge is 2.30. The van der Waals surface area contributed by atoms with Crippen LogP contribution in [-0.4, -0.2) is 75.2 Å². The van der Waals surface area contributed by atoms with Gasteiger partial charge in [0, 0.05) is 37.8 Å². The van der Waals surface area contributed by atoms with E-state index in [1.807, 2.05) is 20.8 Å². The Balaban J connectivity index is 2.11. The van der Waals surface area contributed by atoms with Crippen molar-refractivity contribution in [3.8, 4) is 5.75 Å². The second-order valence-corrected chi connectivity index (χ2v) is 8.97. The lowest BCUT2D eigenvalue weighted by molar-refractivity contribution is -0.385. The second-order valence-electron chi connectivity index (χ2n) is 8.97. The van der Waals surface area contributed by atoms with E-state index in [-0.39, 0.29) is 42.3 Å². The summed E-state index contributed by atoms with van der Waals surface area (Å²) in [4.78, 5) is 39.9. The van der Waals surface area contributed by atoms with E-state index in [4.69, 9.17) is 0 Å². The summed E-state index contributed by atoms with van der Waals surface area (Å²) in [6.45, 7) is 7.53. The molecule has 0 radical (unpaired) electrons. The van der Waals surface area contributed by atoms with Crippen LogP contribution in [0.2, 0.25) is 0 Å². The van der Waals surface area contributed by atoms with Crippen molar-refractivity contribution in [2.45, 2.75) is 65.0 Å². The van der Waals surface area contributed by atoms with Crippen LogP contribution in [0.25, 0.3) is 0 Å². The maximum absolute atomic E-state index is 13.4. The number of aliphatic hydroxyl groups is 1. The van der Waals surface area contributed by atoms with Crippen LogP contribution in [0.5, 0.6) is 5.75 Å². The number of piperidine rings is 1. The van der Waals surface area contributed by atoms with E-state index in [0.29, 0.717) is 50.9 Å². The molecule has 1 aromatic carbocycles. The first-order valence-corrected chi connectivity index (χ1v) is 11.6. The van der Waals surface area contributed by atoms with Crippen molar-refractivity contribution in [3.05, 3.63) is 33.9 Å². The number of hydrogen-bond donors (Lipinski definition) is 3. The van der Waals surface area contributed by atoms with Gasteiger partial charge in [-0.1, -0.05) is 32.9 Å². The Morgan fingerprint density at radius 2 is 1.94 bits per heavy atom. The van der Waals surface area contributed by atoms with E-state index >= 15 is 0 Å². The number of phenolic OH excluding ortho intramolecular Hbond substituents is 1. The van der Waals surface area contributed by atoms with Crippen molar-refractivity contribution >= 4 is 17.6 Å². The summed E-state index contributed by atoms with van der Waals surface area (Å²) in [6.07, 6.45) is 2.08. The molecule has 10 heteroatoms. The van der Waals surface area contributed by atoms with Crippen molar-refractivity contribution in [1.29, 1.82) is 0 Å². The third-order valence-electron chi connectivity index (χ3n) is 5.81. The van der Waals surface area contributed by atoms with Crippen molar-refractivity contribution in [1.82, 2.24) is 15.1 Å². The number of phenols is 1. The number of aliphatic hydroxyl groups excluding tert-OH is 1. The maximum Gasteiger partial charge on any atom is 0.318 e. The number of nitro groups is 1. The van der Waals surface area contributed by atoms with Gasteiger partial charge in [0.05, 0.1) is 11.0 Å². The number of amides is 3. The summed E-state index contributed by atoms with van der Waals surface area (Å²) < 4.78 is 0. The lowest BCUT2D eigenvalue weighted by Crippen LogP contribution is -2.54. The Hall–Kier alpha value is -2.88. The van der Waals surface area contributed by atoms with Crippen molar-refractivity contribution in [2.75, 3.05) is 26.2 Å². The van der Waals surface area contributed by atoms with E-state index in [0.717, 1.165) is 0 Å². The van der Waals surface area contributed by atoms with Gasteiger partial charge in [-0.05, 0) is 38.0 Å². The minimum absolute atomic E-state index is 0.173. The molecule has 33 heavy (non-hydrogen) atoms. The molecular formula is C23H36N4O6. The highest BCUT2D eigenvalue weighted by Crippen LogP contribution is 2.29. The number of hydrogen-bond acceptors (Lipinski definition) is 6. The van der Waals surface area contributed by atoms with Gasteiger partial charge in [-0.15, -0.1) is 0 Å². The monoisotopic (exact) mass is 464 g/mol. The number of likely N-dealkylation sites (tertiary alicyclic amines) is 1. The predicted molar refractivity (Wildman–Crippen MR) is 124 cm³/mol. The molecule has 0 spiro atoms. The number of carbonyl (C=O) groups is 2. The van der Waals surface area contributed by atoms with Gasteiger partial charge in [-0.3, -0.25) is 14.9 Å². The van der Waals surface area contributed by atoms with E-state index in [9.17, 15) is 29.9 Å². The minimum atomic E-state index is -0.699. The summed E-state index contributed by atoms with van der Waals surface area (Å²) in [5.41, 5.74) is 0.0342. The quantitative estimate of drug-likeness (QED) is 0.360. The number of nitro benzene ring substituents is 1. The van der Waals surface area contributed by atoms with Gasteiger partial charge in [-0.25, -0.2) is 4.79 Å². The molecule has 10 nitrogen and oxygen atoms in total. The van der Waals surface area contributed by atoms with Gasteiger partial charge in [-0.2, -0.15) is 0 Å². The van der Waals surface area contributed by atoms with Crippen LogP contribution in [0.3, 0.4) is 0 Å². The fourth-order valence-corrected chi connectivity index (χ4v) is 4.01. The zero-order valence-electron chi connectivity index (χ0n) is 19.7. The number of nitrogens with zero attached hydrogens (tertiary/aromatic N) is 3. The van der Waals surface area contributed by atoms with E-state index in [1.54, 1.807) is 15.9 Å². The molecule has 0 bridgehead atoms. The predicted octanol–water partition coefficient (Wildman–Crippen LogP) is 2.66. The highest BCUT2D eigenvalue weighted by atomic mass is 16.6. The van der Waals surface area contributed by atoms with Crippen LogP contribution in [0.15, 0.2) is 18.2 Å². The first-order valence-electron chi connectivity index (χ1n) is 11.6. The van der Waals surface area contributed by atoms with Crippen LogP contribution < -0.4 is 5.32 Å². The summed E-state index contributed by atoms with van der Waals surface area (Å²) in [6, 6.07) is 3.34. The van der Waals surface area contributed by atoms with E-state index < -0.39 is 17.1 Å². The summed E-state index contributed by atoms with van der Waals surface area (Å²) in [5, 5.41) is 33.9. The summed E-state index contributed by atoms with van der Waals surface area (Å²) in [5.74, 6) is -0.418. The Labute approximate surface area is 194 Å². The average molecular weight is 465 g/mol. The molecule has 3 amide bonds. The van der Waals surface area contributed by atoms with Gasteiger partial charge < -0.3 is 25.3 Å². The zero-order chi connectivity index (χ0) is 24.5. The van der Waals surface area contributed by atoms with Gasteiger partial charge >= 0.3 is 11.7 Å². The molecule has 3 N–H and O–H groups in total. The van der Waals surface area contributed by atoms with Crippen LogP contribution in [0, 0.1) is 16.0 Å². The summed E-state index contributed by atoms with van der Waals surface area (Å²) in [7, 11) is 0. The molecule has 1 fully saturated rings. The summed E-state index contributed by atoms with van der Waals surface area (Å²) >= 11 is 0. The Morgan fingerprint density at radius 3 is 2.52 bits per heavy atom. The minimum Gasteiger partial charge on any atom is -0.502 e. The maximum atomic E-state index is 13.4. The molecular weight excluding hydrogens is 428 g/mol. The van der Waals surface area contributed by atoms with Crippen molar-refractivity contribution in [2.24, 2.45) is 5.92 Å². The zero-order valence-corrected chi connectivity index (χ0v) is 19.7. The molecule has 1 atom stereocenters. The molecule has 1 saturated heterocycles. The topological polar surface area (TPSA) is 136 Å². The fraction of sp³-hybridized carbons (Fsp3) is 0.652. The highest BCUT2D eigenvalue weighted by molar-refractivity contribution is 5.87. The number of benzene rings is 1. The standard InChI is InChI=1S/C23H36N4O6/c1-4-11-25(12-8-17-6-5-7-20(21(17)29)27(32)33)22(30)19(15-16(2)3)24-23(31)26-13-9-18(28)10-14-26/h5-7,16,18-19,28-29H,4,8-15H2,1-3H3,(H,24,31). The third kappa shape index (κ3) is 7.59. The van der Waals surface area contributed by atoms with Gasteiger partial charge in [0.15, 0.2) is 5.75 Å². The number of nitrogens with one attached hydrogen (secondary N) is 1. The molecule has 1 aliphatic heterocycles. The lowest BCUT2D eigenvalue weighted by Gasteiger charge is -2.33. The number of aromatic hydroxyl groups is 1. The number of para-hydroxylation sites is 1. The molecule has 0 aromatic heterocycles. The molecule has 1 heterocycles. The largest absolute Gasteiger partial charge is 0.502 e. The molecule has 1 aromatic rings. The second kappa shape index (κ2) is 12.4. The number of urea groups is 1. The van der Waals surface area contributed by atoms with Crippen LogP contribution >= 0.6 is 0 Å². The molecule has 1 aliphatic rings. The number of rotatable bonds is 10. The van der Waals surface area contributed by atoms with Crippen LogP contribution in [0.4, 0.5) is 10.5 Å². The first kappa shape index (κ1) is 26.4. The van der Waals surface area contributed by atoms with E-state index in [1.165, 1.54) is 12.1 Å². The van der Waals surface area contributed by atoms with Crippen molar-refractivity contribution in [3.63, 3.8) is 0 Å². The Morgan fingerprint density at radius 1 is 1.27 bits per heavy atom. The SMILES string of the molecule is CCCN(CCc1cccc([N+](=O)[O-])c1O)C(=O)C(CC(C)C)NC(=O)N1CCC(O)CC1. The normalized spacial score (nSPS) is 15.4. The van der Waals surface area contributed by atoms with Crippen LogP contribution in [0.1, 0.15) is 52.0 Å². The molecule has 184 valence electrons. The van der Waals surface area contributed by atoms with E-state index in [2.05, 4.69) is 5.32 Å². The van der Waals surface area contributed by atoms with Crippen molar-refractivity contribution < 1.29 is 24.7 Å². The molecule has 0 aliphatic carbocycles. The molecule has 0 saturated carbocycles. The first-order chi connectivity index (χ1) is 15.6. The lowest BCUT2D eigenvalue weighted by atomic mass is 10.0. The number of carbonyl (C=O) groups excluding carboxylic acids is 2. The fourth-order valence-electron chi connectivity index (χ4n) is 4.01. The third-order valence-corrected chi connectivity index (χ3v) is 5.81.